The van der Waals surface area contributed by atoms with Crippen LogP contribution in [0.4, 0.5) is 0 Å². The van der Waals surface area contributed by atoms with Crippen molar-refractivity contribution in [1.29, 1.82) is 0 Å². The highest BCUT2D eigenvalue weighted by Crippen LogP contribution is 2.32. The Morgan fingerprint density at radius 3 is 2.69 bits per heavy atom. The van der Waals surface area contributed by atoms with Crippen molar-refractivity contribution in [3.63, 3.8) is 0 Å². The van der Waals surface area contributed by atoms with Crippen LogP contribution in [-0.4, -0.2) is 35.6 Å². The maximum absolute atomic E-state index is 5.41. The first-order chi connectivity index (χ1) is 5.77. The smallest absolute Gasteiger partial charge is 0.0811 e. The van der Waals surface area contributed by atoms with E-state index in [9.17, 15) is 0 Å². The van der Waals surface area contributed by atoms with Crippen molar-refractivity contribution in [2.45, 2.75) is 25.8 Å². The molecule has 0 bridgehead atoms. The van der Waals surface area contributed by atoms with E-state index in [1.54, 1.807) is 0 Å². The molecule has 1 saturated carbocycles. The number of rotatable bonds is 1. The van der Waals surface area contributed by atoms with Gasteiger partial charge in [-0.25, -0.2) is 0 Å². The van der Waals surface area contributed by atoms with Crippen molar-refractivity contribution in [3.8, 4) is 0 Å². The molecule has 76 valence electrons. The monoisotopic (exact) mass is 220 g/mol. The largest absolute Gasteiger partial charge is 0.363 e. The average Bonchev–Trinajstić information content (AvgIpc) is 2.85. The highest BCUT2D eigenvalue weighted by Gasteiger charge is 2.31. The number of piperazine rings is 1. The van der Waals surface area contributed by atoms with Crippen LogP contribution in [-0.2, 0) is 0 Å². The molecule has 2 fully saturated rings. The van der Waals surface area contributed by atoms with Crippen LogP contribution in [0.3, 0.4) is 0 Å². The zero-order valence-corrected chi connectivity index (χ0v) is 9.59. The summed E-state index contributed by atoms with van der Waals surface area (Å²) < 4.78 is 0. The van der Waals surface area contributed by atoms with Gasteiger partial charge in [0.2, 0.25) is 0 Å². The van der Waals surface area contributed by atoms with Crippen LogP contribution < -0.4 is 5.32 Å². The van der Waals surface area contributed by atoms with Gasteiger partial charge in [-0.05, 0) is 19.8 Å². The molecule has 1 aliphatic carbocycles. The fraction of sp³-hybridized carbons (Fsp3) is 0.889. The number of nitrogens with zero attached hydrogens (tertiary/aromatic N) is 1. The van der Waals surface area contributed by atoms with E-state index in [0.29, 0.717) is 6.04 Å². The lowest BCUT2D eigenvalue weighted by Gasteiger charge is -2.33. The number of hydrogen-bond donors (Lipinski definition) is 1. The van der Waals surface area contributed by atoms with E-state index < -0.39 is 0 Å². The molecular formula is C9H17ClN2S. The Bertz CT molecular complexity index is 194. The molecule has 0 radical (unpaired) electrons. The summed E-state index contributed by atoms with van der Waals surface area (Å²) in [4.78, 5) is 3.61. The number of halogens is 1. The van der Waals surface area contributed by atoms with Crippen molar-refractivity contribution in [2.75, 3.05) is 19.6 Å². The molecule has 2 aliphatic rings. The van der Waals surface area contributed by atoms with Crippen LogP contribution >= 0.6 is 24.6 Å². The Morgan fingerprint density at radius 2 is 2.15 bits per heavy atom. The van der Waals surface area contributed by atoms with E-state index in [1.807, 2.05) is 0 Å². The molecule has 0 aromatic carbocycles. The normalized spacial score (nSPS) is 28.1. The molecule has 0 aromatic heterocycles. The minimum atomic E-state index is 0. The van der Waals surface area contributed by atoms with Gasteiger partial charge in [-0.15, -0.1) is 12.4 Å². The summed E-state index contributed by atoms with van der Waals surface area (Å²) in [6.45, 7) is 5.53. The van der Waals surface area contributed by atoms with Crippen LogP contribution in [0.1, 0.15) is 19.8 Å². The van der Waals surface area contributed by atoms with Gasteiger partial charge in [0.05, 0.1) is 4.99 Å². The summed E-state index contributed by atoms with van der Waals surface area (Å²) in [6, 6.07) is 0.607. The quantitative estimate of drug-likeness (QED) is 0.674. The van der Waals surface area contributed by atoms with Crippen LogP contribution in [0.25, 0.3) is 0 Å². The maximum Gasteiger partial charge on any atom is 0.0811 e. The minimum Gasteiger partial charge on any atom is -0.363 e. The van der Waals surface area contributed by atoms with Crippen molar-refractivity contribution < 1.29 is 0 Å². The predicted molar refractivity (Wildman–Crippen MR) is 61.6 cm³/mol. The lowest BCUT2D eigenvalue weighted by atomic mass is 10.2. The molecule has 1 saturated heterocycles. The Hall–Kier alpha value is 0.140. The molecule has 1 heterocycles. The molecule has 4 heteroatoms. The molecule has 13 heavy (non-hydrogen) atoms. The Labute approximate surface area is 91.5 Å². The zero-order valence-electron chi connectivity index (χ0n) is 7.95. The van der Waals surface area contributed by atoms with E-state index in [-0.39, 0.29) is 12.4 Å². The molecule has 0 aromatic rings. The first-order valence-electron chi connectivity index (χ1n) is 4.79. The van der Waals surface area contributed by atoms with Gasteiger partial charge in [-0.1, -0.05) is 12.2 Å². The van der Waals surface area contributed by atoms with E-state index >= 15 is 0 Å². The van der Waals surface area contributed by atoms with E-state index in [0.717, 1.165) is 25.6 Å². The van der Waals surface area contributed by atoms with Gasteiger partial charge in [0.1, 0.15) is 0 Å². The summed E-state index contributed by atoms with van der Waals surface area (Å²) in [5.41, 5.74) is 0. The number of thiocarbonyl (C=S) groups is 1. The average molecular weight is 221 g/mol. The topological polar surface area (TPSA) is 15.3 Å². The standard InChI is InChI=1S/C9H16N2S.ClH/c1-7-6-11(5-4-10-7)9(12)8-2-3-8;/h7-8,10H,2-6H2,1H3;1H/t7-;/m1./s1. The van der Waals surface area contributed by atoms with Gasteiger partial charge in [0.15, 0.2) is 0 Å². The fourth-order valence-corrected chi connectivity index (χ4v) is 2.12. The van der Waals surface area contributed by atoms with Gasteiger partial charge in [-0.3, -0.25) is 0 Å². The molecule has 2 rings (SSSR count). The number of nitrogens with one attached hydrogen (secondary N) is 1. The lowest BCUT2D eigenvalue weighted by Crippen LogP contribution is -2.51. The first-order valence-corrected chi connectivity index (χ1v) is 5.20. The summed E-state index contributed by atoms with van der Waals surface area (Å²) in [5, 5.41) is 3.42. The van der Waals surface area contributed by atoms with Gasteiger partial charge < -0.3 is 10.2 Å². The van der Waals surface area contributed by atoms with Gasteiger partial charge in [0, 0.05) is 31.6 Å². The molecule has 1 aliphatic heterocycles. The highest BCUT2D eigenvalue weighted by atomic mass is 35.5. The van der Waals surface area contributed by atoms with Crippen LogP contribution in [0, 0.1) is 5.92 Å². The molecule has 0 spiro atoms. The SMILES string of the molecule is C[C@@H]1CN(C(=S)C2CC2)CCN1.Cl. The van der Waals surface area contributed by atoms with Crippen LogP contribution in [0.5, 0.6) is 0 Å². The minimum absolute atomic E-state index is 0. The fourth-order valence-electron chi connectivity index (χ4n) is 1.72. The third-order valence-electron chi connectivity index (χ3n) is 2.61. The second kappa shape index (κ2) is 4.58. The molecule has 1 atom stereocenters. The van der Waals surface area contributed by atoms with E-state index in [2.05, 4.69) is 17.1 Å². The Morgan fingerprint density at radius 1 is 1.46 bits per heavy atom. The van der Waals surface area contributed by atoms with Crippen molar-refractivity contribution >= 4 is 29.6 Å². The summed E-state index contributed by atoms with van der Waals surface area (Å²) >= 11 is 5.41. The van der Waals surface area contributed by atoms with E-state index in [4.69, 9.17) is 12.2 Å². The third kappa shape index (κ3) is 2.79. The predicted octanol–water partition coefficient (Wildman–Crippen LogP) is 1.44. The van der Waals surface area contributed by atoms with Crippen molar-refractivity contribution in [1.82, 2.24) is 10.2 Å². The first kappa shape index (κ1) is 11.2. The molecule has 2 nitrogen and oxygen atoms in total. The summed E-state index contributed by atoms with van der Waals surface area (Å²) in [6.07, 6.45) is 2.66. The summed E-state index contributed by atoms with van der Waals surface area (Å²) in [7, 11) is 0. The lowest BCUT2D eigenvalue weighted by molar-refractivity contribution is 0.302. The van der Waals surface area contributed by atoms with Crippen LogP contribution in [0.15, 0.2) is 0 Å². The van der Waals surface area contributed by atoms with Crippen molar-refractivity contribution in [2.24, 2.45) is 5.92 Å². The van der Waals surface area contributed by atoms with Crippen LogP contribution in [0.2, 0.25) is 0 Å². The third-order valence-corrected chi connectivity index (χ3v) is 3.20. The second-order valence-electron chi connectivity index (χ2n) is 3.91. The Kier molecular flexibility index (Phi) is 3.95. The summed E-state index contributed by atoms with van der Waals surface area (Å²) in [5.74, 6) is 0.755. The van der Waals surface area contributed by atoms with Gasteiger partial charge in [-0.2, -0.15) is 0 Å². The molecule has 1 N–H and O–H groups in total. The van der Waals surface area contributed by atoms with Crippen molar-refractivity contribution in [3.05, 3.63) is 0 Å². The van der Waals surface area contributed by atoms with E-state index in [1.165, 1.54) is 17.8 Å². The second-order valence-corrected chi connectivity index (χ2v) is 4.33. The van der Waals surface area contributed by atoms with Gasteiger partial charge >= 0.3 is 0 Å². The number of hydrogen-bond acceptors (Lipinski definition) is 2. The molecular weight excluding hydrogens is 204 g/mol. The Balaban J connectivity index is 0.000000845. The van der Waals surface area contributed by atoms with Gasteiger partial charge in [0.25, 0.3) is 0 Å². The zero-order chi connectivity index (χ0) is 8.55. The maximum atomic E-state index is 5.41. The highest BCUT2D eigenvalue weighted by molar-refractivity contribution is 7.80. The molecule has 0 amide bonds. The molecule has 0 unspecified atom stereocenters.